The van der Waals surface area contributed by atoms with Gasteiger partial charge in [0.15, 0.2) is 11.5 Å². The Morgan fingerprint density at radius 3 is 1.95 bits per heavy atom. The number of allylic oxidation sites excluding steroid dienone is 4. The van der Waals surface area contributed by atoms with Gasteiger partial charge in [-0.1, -0.05) is 18.2 Å². The average molecular weight is 288 g/mol. The molecule has 1 aliphatic carbocycles. The van der Waals surface area contributed by atoms with E-state index in [-0.39, 0.29) is 11.5 Å². The van der Waals surface area contributed by atoms with Crippen LogP contribution in [0.1, 0.15) is 5.56 Å². The van der Waals surface area contributed by atoms with E-state index < -0.39 is 17.5 Å². The van der Waals surface area contributed by atoms with Gasteiger partial charge in [-0.3, -0.25) is 9.59 Å². The van der Waals surface area contributed by atoms with Crippen LogP contribution in [-0.4, -0.2) is 32.9 Å². The zero-order valence-electron chi connectivity index (χ0n) is 10.8. The van der Waals surface area contributed by atoms with Gasteiger partial charge in [0.2, 0.25) is 11.6 Å². The number of carbonyl (C=O) groups excluding carboxylic acids is 2. The minimum absolute atomic E-state index is 0.229. The van der Waals surface area contributed by atoms with Crippen LogP contribution >= 0.6 is 0 Å². The molecule has 0 heterocycles. The SMILES string of the molecule is O=C(O)/C=C/c1ccc(O)c(O)c1.O=C1C=CC=CC1=O. The topological polar surface area (TPSA) is 112 Å². The van der Waals surface area contributed by atoms with Crippen molar-refractivity contribution in [3.8, 4) is 11.5 Å². The minimum Gasteiger partial charge on any atom is -0.504 e. The van der Waals surface area contributed by atoms with Gasteiger partial charge in [-0.05, 0) is 35.9 Å². The quantitative estimate of drug-likeness (QED) is 0.328. The van der Waals surface area contributed by atoms with Gasteiger partial charge in [-0.15, -0.1) is 0 Å². The fourth-order valence-corrected chi connectivity index (χ4v) is 1.26. The number of carboxylic acids is 1. The Bertz CT molecular complexity index is 630. The lowest BCUT2D eigenvalue weighted by Gasteiger charge is -1.97. The molecule has 1 aromatic rings. The van der Waals surface area contributed by atoms with E-state index in [1.165, 1.54) is 36.4 Å². The van der Waals surface area contributed by atoms with Gasteiger partial charge >= 0.3 is 5.97 Å². The first-order valence-electron chi connectivity index (χ1n) is 5.76. The number of benzene rings is 1. The van der Waals surface area contributed by atoms with Crippen molar-refractivity contribution in [3.05, 3.63) is 54.1 Å². The summed E-state index contributed by atoms with van der Waals surface area (Å²) in [6, 6.07) is 4.06. The van der Waals surface area contributed by atoms with Crippen molar-refractivity contribution in [1.29, 1.82) is 0 Å². The predicted molar refractivity (Wildman–Crippen MR) is 74.7 cm³/mol. The molecule has 0 saturated carbocycles. The Kier molecular flexibility index (Phi) is 5.64. The van der Waals surface area contributed by atoms with E-state index in [4.69, 9.17) is 15.3 Å². The average Bonchev–Trinajstić information content (AvgIpc) is 2.44. The number of hydrogen-bond donors (Lipinski definition) is 3. The molecular weight excluding hydrogens is 276 g/mol. The van der Waals surface area contributed by atoms with Crippen LogP contribution in [0.2, 0.25) is 0 Å². The number of phenolic OH excluding ortho intramolecular Hbond substituents is 2. The number of aromatic hydroxyl groups is 2. The normalized spacial score (nSPS) is 13.1. The number of phenols is 2. The van der Waals surface area contributed by atoms with E-state index in [0.717, 1.165) is 6.08 Å². The zero-order valence-corrected chi connectivity index (χ0v) is 10.8. The molecule has 6 heteroatoms. The highest BCUT2D eigenvalue weighted by molar-refractivity contribution is 6.46. The molecule has 1 aliphatic rings. The predicted octanol–water partition coefficient (Wildman–Crippen LogP) is 1.45. The summed E-state index contributed by atoms with van der Waals surface area (Å²) in [5, 5.41) is 26.3. The van der Waals surface area contributed by atoms with Crippen LogP contribution in [0.4, 0.5) is 0 Å². The monoisotopic (exact) mass is 288 g/mol. The third-order valence-electron chi connectivity index (χ3n) is 2.27. The summed E-state index contributed by atoms with van der Waals surface area (Å²) in [7, 11) is 0. The van der Waals surface area contributed by atoms with E-state index in [2.05, 4.69) is 0 Å². The Morgan fingerprint density at radius 1 is 0.952 bits per heavy atom. The van der Waals surface area contributed by atoms with Crippen LogP contribution in [-0.2, 0) is 14.4 Å². The first-order valence-corrected chi connectivity index (χ1v) is 5.76. The number of aliphatic carboxylic acids is 1. The van der Waals surface area contributed by atoms with Gasteiger partial charge in [-0.25, -0.2) is 4.79 Å². The van der Waals surface area contributed by atoms with Gasteiger partial charge in [0, 0.05) is 6.08 Å². The number of carbonyl (C=O) groups is 3. The molecule has 0 saturated heterocycles. The number of hydrogen-bond acceptors (Lipinski definition) is 5. The lowest BCUT2D eigenvalue weighted by atomic mass is 10.1. The largest absolute Gasteiger partial charge is 0.504 e. The smallest absolute Gasteiger partial charge is 0.328 e. The van der Waals surface area contributed by atoms with Crippen LogP contribution in [0.5, 0.6) is 11.5 Å². The highest BCUT2D eigenvalue weighted by Crippen LogP contribution is 2.25. The van der Waals surface area contributed by atoms with Crippen LogP contribution < -0.4 is 0 Å². The first-order chi connectivity index (χ1) is 9.90. The molecule has 21 heavy (non-hydrogen) atoms. The third-order valence-corrected chi connectivity index (χ3v) is 2.27. The summed E-state index contributed by atoms with van der Waals surface area (Å²) in [6.07, 6.45) is 7.87. The maximum atomic E-state index is 10.3. The molecule has 0 fully saturated rings. The Hall–Kier alpha value is -3.15. The molecule has 108 valence electrons. The second kappa shape index (κ2) is 7.44. The van der Waals surface area contributed by atoms with Gasteiger partial charge < -0.3 is 15.3 Å². The van der Waals surface area contributed by atoms with E-state index in [9.17, 15) is 14.4 Å². The lowest BCUT2D eigenvalue weighted by molar-refractivity contribution is -0.131. The molecule has 0 unspecified atom stereocenters. The molecule has 0 aliphatic heterocycles. The van der Waals surface area contributed by atoms with Crippen LogP contribution in [0.15, 0.2) is 48.6 Å². The Morgan fingerprint density at radius 2 is 1.52 bits per heavy atom. The molecule has 0 spiro atoms. The third kappa shape index (κ3) is 5.56. The van der Waals surface area contributed by atoms with Crippen LogP contribution in [0, 0.1) is 0 Å². The number of ketones is 2. The van der Waals surface area contributed by atoms with E-state index >= 15 is 0 Å². The second-order valence-electron chi connectivity index (χ2n) is 3.87. The van der Waals surface area contributed by atoms with Crippen molar-refractivity contribution in [2.75, 3.05) is 0 Å². The molecule has 0 aromatic heterocycles. The summed E-state index contributed by atoms with van der Waals surface area (Å²) >= 11 is 0. The molecule has 2 rings (SSSR count). The Balaban J connectivity index is 0.000000235. The van der Waals surface area contributed by atoms with Crippen molar-refractivity contribution in [3.63, 3.8) is 0 Å². The van der Waals surface area contributed by atoms with Crippen LogP contribution in [0.25, 0.3) is 6.08 Å². The summed E-state index contributed by atoms with van der Waals surface area (Å²) in [4.78, 5) is 30.7. The minimum atomic E-state index is -1.06. The highest BCUT2D eigenvalue weighted by atomic mass is 16.4. The molecular formula is C15H12O6. The molecule has 1 aromatic carbocycles. The van der Waals surface area contributed by atoms with Crippen molar-refractivity contribution in [2.45, 2.75) is 0 Å². The van der Waals surface area contributed by atoms with E-state index in [1.54, 1.807) is 12.2 Å². The highest BCUT2D eigenvalue weighted by Gasteiger charge is 2.06. The zero-order chi connectivity index (χ0) is 15.8. The van der Waals surface area contributed by atoms with Crippen molar-refractivity contribution in [2.24, 2.45) is 0 Å². The molecule has 3 N–H and O–H groups in total. The lowest BCUT2D eigenvalue weighted by Crippen LogP contribution is -2.08. The molecule has 0 atom stereocenters. The fraction of sp³-hybridized carbons (Fsp3) is 0. The molecule has 0 radical (unpaired) electrons. The van der Waals surface area contributed by atoms with Crippen molar-refractivity contribution >= 4 is 23.6 Å². The second-order valence-corrected chi connectivity index (χ2v) is 3.87. The summed E-state index contributed by atoms with van der Waals surface area (Å²) in [5.41, 5.74) is 0.512. The maximum Gasteiger partial charge on any atom is 0.328 e. The van der Waals surface area contributed by atoms with E-state index in [0.29, 0.717) is 5.56 Å². The molecule has 6 nitrogen and oxygen atoms in total. The summed E-state index contributed by atoms with van der Waals surface area (Å²) in [6.45, 7) is 0. The standard InChI is InChI=1S/C9H8O4.C6H4O2/c10-7-3-1-6(5-8(7)11)2-4-9(12)13;7-5-3-1-2-4-6(5)8/h1-5,10-11H,(H,12,13);1-4H/b4-2+;. The molecule has 0 bridgehead atoms. The molecule has 0 amide bonds. The van der Waals surface area contributed by atoms with Gasteiger partial charge in [0.05, 0.1) is 0 Å². The first kappa shape index (κ1) is 15.9. The van der Waals surface area contributed by atoms with E-state index in [1.807, 2.05) is 0 Å². The van der Waals surface area contributed by atoms with Crippen LogP contribution in [0.3, 0.4) is 0 Å². The van der Waals surface area contributed by atoms with Crippen molar-refractivity contribution < 1.29 is 29.7 Å². The maximum absolute atomic E-state index is 10.3. The Labute approximate surface area is 120 Å². The number of rotatable bonds is 2. The van der Waals surface area contributed by atoms with Gasteiger partial charge in [0.1, 0.15) is 0 Å². The summed E-state index contributed by atoms with van der Waals surface area (Å²) < 4.78 is 0. The van der Waals surface area contributed by atoms with Gasteiger partial charge in [-0.2, -0.15) is 0 Å². The van der Waals surface area contributed by atoms with Crippen molar-refractivity contribution in [1.82, 2.24) is 0 Å². The fourth-order valence-electron chi connectivity index (χ4n) is 1.26. The summed E-state index contributed by atoms with van der Waals surface area (Å²) in [5.74, 6) is -2.44. The van der Waals surface area contributed by atoms with Gasteiger partial charge in [0.25, 0.3) is 0 Å². The number of carboxylic acid groups (broad SMARTS) is 1.